The Morgan fingerprint density at radius 1 is 1.14 bits per heavy atom. The minimum absolute atomic E-state index is 0.0271. The Balaban J connectivity index is 2.66. The van der Waals surface area contributed by atoms with Crippen LogP contribution < -0.4 is 5.32 Å². The van der Waals surface area contributed by atoms with Gasteiger partial charge in [0, 0.05) is 12.8 Å². The summed E-state index contributed by atoms with van der Waals surface area (Å²) in [6.07, 6.45) is 0.271. The average molecular weight is 307 g/mol. The van der Waals surface area contributed by atoms with Gasteiger partial charge in [-0.3, -0.25) is 9.59 Å². The van der Waals surface area contributed by atoms with Crippen LogP contribution in [0.5, 0.6) is 0 Å². The molecule has 0 radical (unpaired) electrons. The summed E-state index contributed by atoms with van der Waals surface area (Å²) in [5.41, 5.74) is 1.99. The van der Waals surface area contributed by atoms with Gasteiger partial charge in [-0.05, 0) is 12.5 Å². The second-order valence-electron chi connectivity index (χ2n) is 4.91. The molecule has 0 saturated heterocycles. The van der Waals surface area contributed by atoms with Crippen LogP contribution in [-0.2, 0) is 30.3 Å². The van der Waals surface area contributed by atoms with E-state index in [-0.39, 0.29) is 12.8 Å². The monoisotopic (exact) mass is 307 g/mol. The molecule has 0 spiro atoms. The van der Waals surface area contributed by atoms with Crippen molar-refractivity contribution in [2.24, 2.45) is 0 Å². The second kappa shape index (κ2) is 8.81. The lowest BCUT2D eigenvalue weighted by molar-refractivity contribution is -0.145. The number of nitrogens with one attached hydrogen (secondary N) is 1. The van der Waals surface area contributed by atoms with Crippen molar-refractivity contribution in [3.63, 3.8) is 0 Å². The van der Waals surface area contributed by atoms with Crippen molar-refractivity contribution < 1.29 is 23.9 Å². The maximum absolute atomic E-state index is 11.8. The first kappa shape index (κ1) is 17.7. The molecule has 1 atom stereocenters. The molecule has 0 aliphatic rings. The molecule has 1 aromatic rings. The number of carbonyl (C=O) groups excluding carboxylic acids is 3. The van der Waals surface area contributed by atoms with Gasteiger partial charge in [0.1, 0.15) is 6.04 Å². The van der Waals surface area contributed by atoms with Crippen LogP contribution in [-0.4, -0.2) is 38.1 Å². The van der Waals surface area contributed by atoms with Gasteiger partial charge in [-0.2, -0.15) is 0 Å². The van der Waals surface area contributed by atoms with Crippen LogP contribution in [0.15, 0.2) is 24.3 Å². The zero-order valence-corrected chi connectivity index (χ0v) is 13.0. The molecule has 0 saturated carbocycles. The first-order chi connectivity index (χ1) is 10.5. The molecule has 22 heavy (non-hydrogen) atoms. The molecule has 1 N–H and O–H groups in total. The van der Waals surface area contributed by atoms with E-state index in [1.54, 1.807) is 0 Å². The molecule has 120 valence electrons. The normalized spacial score (nSPS) is 11.4. The van der Waals surface area contributed by atoms with Gasteiger partial charge in [-0.1, -0.05) is 29.8 Å². The Labute approximate surface area is 129 Å². The van der Waals surface area contributed by atoms with E-state index < -0.39 is 23.9 Å². The molecular formula is C16H21NO5. The van der Waals surface area contributed by atoms with E-state index >= 15 is 0 Å². The van der Waals surface area contributed by atoms with Crippen LogP contribution in [0.1, 0.15) is 24.0 Å². The third-order valence-corrected chi connectivity index (χ3v) is 3.13. The summed E-state index contributed by atoms with van der Waals surface area (Å²) >= 11 is 0. The molecule has 6 nitrogen and oxygen atoms in total. The van der Waals surface area contributed by atoms with Crippen molar-refractivity contribution in [1.82, 2.24) is 5.32 Å². The van der Waals surface area contributed by atoms with E-state index in [9.17, 15) is 14.4 Å². The molecule has 1 aromatic carbocycles. The van der Waals surface area contributed by atoms with Crippen molar-refractivity contribution in [2.45, 2.75) is 32.2 Å². The number of hydrogen-bond acceptors (Lipinski definition) is 5. The second-order valence-corrected chi connectivity index (χ2v) is 4.91. The molecule has 0 unspecified atom stereocenters. The average Bonchev–Trinajstić information content (AvgIpc) is 2.51. The summed E-state index contributed by atoms with van der Waals surface area (Å²) in [7, 11) is 2.53. The minimum atomic E-state index is -0.781. The van der Waals surface area contributed by atoms with Gasteiger partial charge in [0.2, 0.25) is 5.91 Å². The Bertz CT molecular complexity index is 541. The third kappa shape index (κ3) is 5.95. The van der Waals surface area contributed by atoms with Crippen molar-refractivity contribution in [1.29, 1.82) is 0 Å². The fourth-order valence-corrected chi connectivity index (χ4v) is 1.99. The maximum Gasteiger partial charge on any atom is 0.328 e. The molecule has 0 aliphatic carbocycles. The molecule has 0 heterocycles. The number of ether oxygens (including phenoxy) is 2. The van der Waals surface area contributed by atoms with Gasteiger partial charge in [0.05, 0.1) is 20.6 Å². The highest BCUT2D eigenvalue weighted by atomic mass is 16.5. The highest BCUT2D eigenvalue weighted by Crippen LogP contribution is 2.08. The smallest absolute Gasteiger partial charge is 0.328 e. The fraction of sp³-hybridized carbons (Fsp3) is 0.438. The highest BCUT2D eigenvalue weighted by molar-refractivity contribution is 5.86. The van der Waals surface area contributed by atoms with Gasteiger partial charge in [-0.15, -0.1) is 0 Å². The predicted molar refractivity (Wildman–Crippen MR) is 80.1 cm³/mol. The number of esters is 2. The van der Waals surface area contributed by atoms with Crippen LogP contribution in [0.3, 0.4) is 0 Å². The molecule has 0 bridgehead atoms. The van der Waals surface area contributed by atoms with Crippen LogP contribution in [0, 0.1) is 6.92 Å². The van der Waals surface area contributed by atoms with Gasteiger partial charge in [0.25, 0.3) is 0 Å². The number of rotatable bonds is 7. The molecule has 1 amide bonds. The number of methoxy groups -OCH3 is 2. The minimum Gasteiger partial charge on any atom is -0.469 e. The van der Waals surface area contributed by atoms with E-state index in [0.717, 1.165) is 11.1 Å². The van der Waals surface area contributed by atoms with Crippen LogP contribution in [0.4, 0.5) is 0 Å². The topological polar surface area (TPSA) is 81.7 Å². The number of hydrogen-bond donors (Lipinski definition) is 1. The summed E-state index contributed by atoms with van der Waals surface area (Å²) in [6, 6.07) is 6.88. The molecule has 1 rings (SSSR count). The lowest BCUT2D eigenvalue weighted by Gasteiger charge is -2.16. The largest absolute Gasteiger partial charge is 0.469 e. The molecule has 6 heteroatoms. The first-order valence-electron chi connectivity index (χ1n) is 6.95. The SMILES string of the molecule is COC(=O)CCC(=O)N[C@@H](Cc1cccc(C)c1)C(=O)OC. The number of benzene rings is 1. The summed E-state index contributed by atoms with van der Waals surface area (Å²) in [6.45, 7) is 1.95. The van der Waals surface area contributed by atoms with Gasteiger partial charge in [-0.25, -0.2) is 4.79 Å². The Hall–Kier alpha value is -2.37. The molecule has 0 aromatic heterocycles. The lowest BCUT2D eigenvalue weighted by Crippen LogP contribution is -2.43. The first-order valence-corrected chi connectivity index (χ1v) is 6.95. The molecule has 0 aliphatic heterocycles. The number of aryl methyl sites for hydroxylation is 1. The van der Waals surface area contributed by atoms with E-state index in [4.69, 9.17) is 4.74 Å². The van der Waals surface area contributed by atoms with Crippen LogP contribution in [0.2, 0.25) is 0 Å². The van der Waals surface area contributed by atoms with Crippen LogP contribution >= 0.6 is 0 Å². The summed E-state index contributed by atoms with van der Waals surface area (Å²) in [4.78, 5) is 34.7. The van der Waals surface area contributed by atoms with Gasteiger partial charge >= 0.3 is 11.9 Å². The Kier molecular flexibility index (Phi) is 7.08. The number of carbonyl (C=O) groups is 3. The highest BCUT2D eigenvalue weighted by Gasteiger charge is 2.22. The van der Waals surface area contributed by atoms with Gasteiger partial charge in [0.15, 0.2) is 0 Å². The zero-order valence-electron chi connectivity index (χ0n) is 13.0. The predicted octanol–water partition coefficient (Wildman–Crippen LogP) is 1.15. The van der Waals surface area contributed by atoms with Crippen molar-refractivity contribution in [2.75, 3.05) is 14.2 Å². The maximum atomic E-state index is 11.8. The Morgan fingerprint density at radius 2 is 1.86 bits per heavy atom. The zero-order chi connectivity index (χ0) is 16.5. The fourth-order valence-electron chi connectivity index (χ4n) is 1.99. The summed E-state index contributed by atoms with van der Waals surface area (Å²) < 4.78 is 9.19. The Morgan fingerprint density at radius 3 is 2.45 bits per heavy atom. The summed E-state index contributed by atoms with van der Waals surface area (Å²) in [5.74, 6) is -1.38. The van der Waals surface area contributed by atoms with Crippen molar-refractivity contribution >= 4 is 17.8 Å². The quantitative estimate of drug-likeness (QED) is 0.764. The third-order valence-electron chi connectivity index (χ3n) is 3.13. The van der Waals surface area contributed by atoms with Gasteiger partial charge < -0.3 is 14.8 Å². The van der Waals surface area contributed by atoms with E-state index in [0.29, 0.717) is 6.42 Å². The van der Waals surface area contributed by atoms with Crippen LogP contribution in [0.25, 0.3) is 0 Å². The molecule has 0 fully saturated rings. The van der Waals surface area contributed by atoms with E-state index in [1.165, 1.54) is 14.2 Å². The van der Waals surface area contributed by atoms with E-state index in [2.05, 4.69) is 10.1 Å². The lowest BCUT2D eigenvalue weighted by atomic mass is 10.0. The standard InChI is InChI=1S/C16H21NO5/c1-11-5-4-6-12(9-11)10-13(16(20)22-3)17-14(18)7-8-15(19)21-2/h4-6,9,13H,7-8,10H2,1-3H3,(H,17,18)/t13-/m0/s1. The van der Waals surface area contributed by atoms with E-state index in [1.807, 2.05) is 31.2 Å². The summed E-state index contributed by atoms with van der Waals surface area (Å²) in [5, 5.41) is 2.59. The molecular weight excluding hydrogens is 286 g/mol. The number of amides is 1. The van der Waals surface area contributed by atoms with Crippen molar-refractivity contribution in [3.05, 3.63) is 35.4 Å². The van der Waals surface area contributed by atoms with Crippen molar-refractivity contribution in [3.8, 4) is 0 Å².